The van der Waals surface area contributed by atoms with Crippen LogP contribution in [0.2, 0.25) is 5.02 Å². The van der Waals surface area contributed by atoms with E-state index in [0.717, 1.165) is 37.8 Å². The molecule has 6 heteroatoms. The van der Waals surface area contributed by atoms with Crippen LogP contribution in [0.25, 0.3) is 0 Å². The Bertz CT molecular complexity index is 755. The third-order valence-corrected chi connectivity index (χ3v) is 8.24. The molecule has 2 aliphatic rings. The number of carbonyl (C=O) groups excluding carboxylic acids is 1. The molecule has 1 heterocycles. The third kappa shape index (κ3) is 6.64. The van der Waals surface area contributed by atoms with Crippen LogP contribution in [0.4, 0.5) is 4.79 Å². The van der Waals surface area contributed by atoms with E-state index in [-0.39, 0.29) is 18.0 Å². The molecule has 2 fully saturated rings. The molecule has 1 saturated carbocycles. The number of unbranched alkanes of at least 4 members (excludes halogenated alkanes) is 1. The number of carbonyl (C=O) groups is 1. The van der Waals surface area contributed by atoms with E-state index in [1.165, 1.54) is 32.1 Å². The molecule has 33 heavy (non-hydrogen) atoms. The second kappa shape index (κ2) is 12.4. The Labute approximate surface area is 205 Å². The Morgan fingerprint density at radius 3 is 2.67 bits per heavy atom. The van der Waals surface area contributed by atoms with Gasteiger partial charge in [0.1, 0.15) is 0 Å². The molecule has 2 amide bonds. The van der Waals surface area contributed by atoms with Crippen LogP contribution in [-0.4, -0.2) is 48.3 Å². The molecule has 1 aliphatic heterocycles. The van der Waals surface area contributed by atoms with Crippen LogP contribution in [0.5, 0.6) is 0 Å². The summed E-state index contributed by atoms with van der Waals surface area (Å²) in [5.74, 6) is 0.617. The topological polar surface area (TPSA) is 64.6 Å². The normalized spacial score (nSPS) is 23.5. The molecular weight excluding hydrogens is 434 g/mol. The number of halogens is 1. The van der Waals surface area contributed by atoms with Crippen molar-refractivity contribution in [3.8, 4) is 0 Å². The van der Waals surface area contributed by atoms with Crippen LogP contribution < -0.4 is 10.6 Å². The maximum absolute atomic E-state index is 13.3. The fourth-order valence-corrected chi connectivity index (χ4v) is 6.29. The van der Waals surface area contributed by atoms with Crippen molar-refractivity contribution < 1.29 is 9.90 Å². The Morgan fingerprint density at radius 1 is 1.24 bits per heavy atom. The molecule has 0 aromatic heterocycles. The van der Waals surface area contributed by atoms with Crippen LogP contribution in [0.1, 0.15) is 83.6 Å². The predicted molar refractivity (Wildman–Crippen MR) is 137 cm³/mol. The highest BCUT2D eigenvalue weighted by molar-refractivity contribution is 6.30. The monoisotopic (exact) mass is 477 g/mol. The van der Waals surface area contributed by atoms with Gasteiger partial charge >= 0.3 is 6.03 Å². The van der Waals surface area contributed by atoms with Crippen LogP contribution in [0.3, 0.4) is 0 Å². The Kier molecular flexibility index (Phi) is 9.90. The molecule has 0 spiro atoms. The van der Waals surface area contributed by atoms with Crippen molar-refractivity contribution in [1.29, 1.82) is 0 Å². The van der Waals surface area contributed by atoms with Gasteiger partial charge in [0.15, 0.2) is 0 Å². The second-order valence-corrected chi connectivity index (χ2v) is 10.7. The van der Waals surface area contributed by atoms with E-state index in [1.54, 1.807) is 0 Å². The Balaban J connectivity index is 1.68. The van der Waals surface area contributed by atoms with E-state index in [2.05, 4.69) is 24.5 Å². The molecule has 1 aliphatic carbocycles. The van der Waals surface area contributed by atoms with Gasteiger partial charge in [-0.15, -0.1) is 0 Å². The quantitative estimate of drug-likeness (QED) is 0.427. The fraction of sp³-hybridized carbons (Fsp3) is 0.741. The number of likely N-dealkylation sites (tertiary alicyclic amines) is 1. The predicted octanol–water partition coefficient (Wildman–Crippen LogP) is 5.70. The van der Waals surface area contributed by atoms with Crippen molar-refractivity contribution >= 4 is 17.6 Å². The molecule has 3 N–H and O–H groups in total. The standard InChI is InChI=1S/C27H44ClN3O2/c1-4-5-16-27(33,22-13-9-15-24(28)18-22)23-14-10-17-31(19-23)26(32)30-20(2)25(29-3)21-11-7-6-8-12-21/h9,13,15,18,20-21,23,25,29,33H,4-8,10-12,14,16-17,19H2,1-3H3,(H,30,32)/t20-,23+,25?,27+/m0/s1. The summed E-state index contributed by atoms with van der Waals surface area (Å²) in [4.78, 5) is 15.2. The molecule has 5 nitrogen and oxygen atoms in total. The van der Waals surface area contributed by atoms with Crippen molar-refractivity contribution in [2.75, 3.05) is 20.1 Å². The first-order valence-electron chi connectivity index (χ1n) is 13.1. The van der Waals surface area contributed by atoms with Crippen LogP contribution in [-0.2, 0) is 5.60 Å². The van der Waals surface area contributed by atoms with Gasteiger partial charge in [0.05, 0.1) is 5.60 Å². The number of nitrogens with one attached hydrogen (secondary N) is 2. The van der Waals surface area contributed by atoms with Crippen molar-refractivity contribution in [2.24, 2.45) is 11.8 Å². The number of aliphatic hydroxyl groups is 1. The minimum Gasteiger partial charge on any atom is -0.385 e. The summed E-state index contributed by atoms with van der Waals surface area (Å²) >= 11 is 6.28. The average Bonchev–Trinajstić information content (AvgIpc) is 2.83. The lowest BCUT2D eigenvalue weighted by Gasteiger charge is -2.43. The molecule has 1 aromatic carbocycles. The number of amides is 2. The van der Waals surface area contributed by atoms with Crippen molar-refractivity contribution in [2.45, 2.75) is 95.7 Å². The zero-order valence-electron chi connectivity index (χ0n) is 20.8. The summed E-state index contributed by atoms with van der Waals surface area (Å²) in [5.41, 5.74) is -0.0993. The lowest BCUT2D eigenvalue weighted by atomic mass is 9.74. The average molecular weight is 478 g/mol. The van der Waals surface area contributed by atoms with E-state index in [0.29, 0.717) is 29.9 Å². The smallest absolute Gasteiger partial charge is 0.317 e. The van der Waals surface area contributed by atoms with E-state index in [9.17, 15) is 9.90 Å². The van der Waals surface area contributed by atoms with Gasteiger partial charge in [-0.25, -0.2) is 4.79 Å². The van der Waals surface area contributed by atoms with Gasteiger partial charge < -0.3 is 20.6 Å². The summed E-state index contributed by atoms with van der Waals surface area (Å²) in [6.07, 6.45) is 10.8. The Morgan fingerprint density at radius 2 is 2.00 bits per heavy atom. The van der Waals surface area contributed by atoms with Gasteiger partial charge in [0, 0.05) is 36.1 Å². The van der Waals surface area contributed by atoms with Crippen molar-refractivity contribution in [3.63, 3.8) is 0 Å². The highest BCUT2D eigenvalue weighted by Crippen LogP contribution is 2.40. The summed E-state index contributed by atoms with van der Waals surface area (Å²) in [5, 5.41) is 19.3. The van der Waals surface area contributed by atoms with Gasteiger partial charge in [-0.2, -0.15) is 0 Å². The highest BCUT2D eigenvalue weighted by atomic mass is 35.5. The first-order valence-corrected chi connectivity index (χ1v) is 13.5. The van der Waals surface area contributed by atoms with E-state index in [1.807, 2.05) is 36.2 Å². The summed E-state index contributed by atoms with van der Waals surface area (Å²) < 4.78 is 0. The number of benzene rings is 1. The SMILES string of the molecule is CCCC[C@@](O)(c1cccc(Cl)c1)[C@@H]1CCCN(C(=O)N[C@@H](C)C(NC)C2CCCCC2)C1. The van der Waals surface area contributed by atoms with E-state index in [4.69, 9.17) is 11.6 Å². The molecule has 0 bridgehead atoms. The first-order chi connectivity index (χ1) is 15.9. The number of likely N-dealkylation sites (N-methyl/N-ethyl adjacent to an activating group) is 1. The zero-order chi connectivity index (χ0) is 23.8. The van der Waals surface area contributed by atoms with Gasteiger partial charge in [-0.3, -0.25) is 0 Å². The fourth-order valence-electron chi connectivity index (χ4n) is 6.10. The number of urea groups is 1. The minimum atomic E-state index is -0.971. The lowest BCUT2D eigenvalue weighted by Crippen LogP contribution is -2.56. The van der Waals surface area contributed by atoms with Gasteiger partial charge in [-0.05, 0) is 69.7 Å². The number of rotatable bonds is 9. The molecule has 0 radical (unpaired) electrons. The van der Waals surface area contributed by atoms with Gasteiger partial charge in [0.25, 0.3) is 0 Å². The summed E-state index contributed by atoms with van der Waals surface area (Å²) in [6.45, 7) is 5.57. The molecule has 1 unspecified atom stereocenters. The molecular formula is C27H44ClN3O2. The van der Waals surface area contributed by atoms with Crippen LogP contribution in [0, 0.1) is 11.8 Å². The Hall–Kier alpha value is -1.30. The van der Waals surface area contributed by atoms with Gasteiger partial charge in [-0.1, -0.05) is 62.8 Å². The molecule has 3 rings (SSSR count). The van der Waals surface area contributed by atoms with Gasteiger partial charge in [0.2, 0.25) is 0 Å². The molecule has 1 saturated heterocycles. The first kappa shape index (κ1) is 26.3. The third-order valence-electron chi connectivity index (χ3n) is 8.00. The zero-order valence-corrected chi connectivity index (χ0v) is 21.5. The van der Waals surface area contributed by atoms with E-state index < -0.39 is 5.60 Å². The molecule has 1 aromatic rings. The highest BCUT2D eigenvalue weighted by Gasteiger charge is 2.41. The maximum atomic E-state index is 13.3. The van der Waals surface area contributed by atoms with E-state index >= 15 is 0 Å². The molecule has 4 atom stereocenters. The van der Waals surface area contributed by atoms with Crippen molar-refractivity contribution in [3.05, 3.63) is 34.9 Å². The lowest BCUT2D eigenvalue weighted by molar-refractivity contribution is -0.0555. The van der Waals surface area contributed by atoms with Crippen LogP contribution >= 0.6 is 11.6 Å². The summed E-state index contributed by atoms with van der Waals surface area (Å²) in [6, 6.07) is 7.97. The minimum absolute atomic E-state index is 0.00392. The second-order valence-electron chi connectivity index (χ2n) is 10.3. The van der Waals surface area contributed by atoms with Crippen LogP contribution in [0.15, 0.2) is 24.3 Å². The number of hydrogen-bond acceptors (Lipinski definition) is 3. The largest absolute Gasteiger partial charge is 0.385 e. The number of piperidine rings is 1. The number of nitrogens with zero attached hydrogens (tertiary/aromatic N) is 1. The maximum Gasteiger partial charge on any atom is 0.317 e. The van der Waals surface area contributed by atoms with Crippen molar-refractivity contribution in [1.82, 2.24) is 15.5 Å². The number of hydrogen-bond donors (Lipinski definition) is 3. The summed E-state index contributed by atoms with van der Waals surface area (Å²) in [7, 11) is 2.01. The molecule has 186 valence electrons.